The molecule has 1 saturated carbocycles. The Morgan fingerprint density at radius 2 is 1.67 bits per heavy atom. The first kappa shape index (κ1) is 20.9. The summed E-state index contributed by atoms with van der Waals surface area (Å²) < 4.78 is 13.3. The zero-order chi connectivity index (χ0) is 21.3. The van der Waals surface area contributed by atoms with Crippen molar-refractivity contribution in [1.82, 2.24) is 9.80 Å². The highest BCUT2D eigenvalue weighted by Crippen LogP contribution is 2.35. The van der Waals surface area contributed by atoms with E-state index in [0.717, 1.165) is 30.4 Å². The fourth-order valence-corrected chi connectivity index (χ4v) is 4.85. The quantitative estimate of drug-likeness (QED) is 0.689. The number of amides is 2. The van der Waals surface area contributed by atoms with Crippen molar-refractivity contribution in [2.24, 2.45) is 5.92 Å². The number of benzene rings is 2. The maximum Gasteiger partial charge on any atom is 0.250 e. The first-order valence-corrected chi connectivity index (χ1v) is 10.9. The molecule has 0 radical (unpaired) electrons. The first-order valence-electron chi connectivity index (χ1n) is 10.5. The zero-order valence-corrected chi connectivity index (χ0v) is 17.8. The molecule has 0 N–H and O–H groups in total. The van der Waals surface area contributed by atoms with Gasteiger partial charge in [-0.2, -0.15) is 0 Å². The molecule has 1 heterocycles. The number of halogens is 2. The van der Waals surface area contributed by atoms with Crippen LogP contribution in [-0.4, -0.2) is 34.2 Å². The highest BCUT2D eigenvalue weighted by atomic mass is 35.5. The maximum atomic E-state index is 13.7. The second-order valence-electron chi connectivity index (χ2n) is 8.40. The van der Waals surface area contributed by atoms with Crippen molar-refractivity contribution in [3.8, 4) is 0 Å². The summed E-state index contributed by atoms with van der Waals surface area (Å²) in [6, 6.07) is 12.6. The highest BCUT2D eigenvalue weighted by Gasteiger charge is 2.44. The monoisotopic (exact) mass is 428 g/mol. The van der Waals surface area contributed by atoms with Gasteiger partial charge in [0.25, 0.3) is 5.91 Å². The molecule has 6 heteroatoms. The summed E-state index contributed by atoms with van der Waals surface area (Å²) in [6.45, 7) is 2.52. The van der Waals surface area contributed by atoms with E-state index in [-0.39, 0.29) is 36.8 Å². The Morgan fingerprint density at radius 1 is 1.00 bits per heavy atom. The third-order valence-corrected chi connectivity index (χ3v) is 6.63. The van der Waals surface area contributed by atoms with E-state index in [1.54, 1.807) is 34.1 Å². The molecule has 2 aromatic rings. The van der Waals surface area contributed by atoms with Gasteiger partial charge in [-0.1, -0.05) is 55.6 Å². The molecule has 4 rings (SSSR count). The Bertz CT molecular complexity index is 916. The molecule has 2 aliphatic rings. The first-order chi connectivity index (χ1) is 14.4. The van der Waals surface area contributed by atoms with Gasteiger partial charge in [0, 0.05) is 17.6 Å². The SMILES string of the molecule is C[C@@H]1CCCC[C@H]1N1CC(=O)N(Cc2ccc(F)cc2)[C@@H](c2ccc(Cl)cc2)C1=O. The van der Waals surface area contributed by atoms with Crippen molar-refractivity contribution in [3.63, 3.8) is 0 Å². The van der Waals surface area contributed by atoms with Crippen LogP contribution in [0.1, 0.15) is 49.8 Å². The Hall–Kier alpha value is -2.40. The molecule has 1 saturated heterocycles. The largest absolute Gasteiger partial charge is 0.328 e. The average Bonchev–Trinajstić information content (AvgIpc) is 2.74. The third kappa shape index (κ3) is 4.22. The van der Waals surface area contributed by atoms with E-state index in [4.69, 9.17) is 11.6 Å². The van der Waals surface area contributed by atoms with E-state index in [1.165, 1.54) is 18.6 Å². The number of hydrogen-bond donors (Lipinski definition) is 0. The normalized spacial score (nSPS) is 25.0. The van der Waals surface area contributed by atoms with Gasteiger partial charge in [0.15, 0.2) is 0 Å². The average molecular weight is 429 g/mol. The van der Waals surface area contributed by atoms with Crippen LogP contribution in [0, 0.1) is 11.7 Å². The fourth-order valence-electron chi connectivity index (χ4n) is 4.72. The van der Waals surface area contributed by atoms with Gasteiger partial charge in [-0.15, -0.1) is 0 Å². The minimum absolute atomic E-state index is 0.0437. The Labute approximate surface area is 181 Å². The number of hydrogen-bond acceptors (Lipinski definition) is 2. The predicted molar refractivity (Wildman–Crippen MR) is 114 cm³/mol. The van der Waals surface area contributed by atoms with E-state index in [2.05, 4.69) is 6.92 Å². The molecule has 158 valence electrons. The van der Waals surface area contributed by atoms with Gasteiger partial charge in [-0.25, -0.2) is 4.39 Å². The maximum absolute atomic E-state index is 13.7. The summed E-state index contributed by atoms with van der Waals surface area (Å²) in [7, 11) is 0. The topological polar surface area (TPSA) is 40.6 Å². The molecule has 0 bridgehead atoms. The molecular weight excluding hydrogens is 403 g/mol. The van der Waals surface area contributed by atoms with Gasteiger partial charge < -0.3 is 9.80 Å². The Kier molecular flexibility index (Phi) is 6.09. The van der Waals surface area contributed by atoms with Gasteiger partial charge in [0.05, 0.1) is 0 Å². The summed E-state index contributed by atoms with van der Waals surface area (Å²) in [5.41, 5.74) is 1.53. The lowest BCUT2D eigenvalue weighted by Gasteiger charge is -2.46. The van der Waals surface area contributed by atoms with Gasteiger partial charge in [0.2, 0.25) is 5.91 Å². The van der Waals surface area contributed by atoms with E-state index in [0.29, 0.717) is 10.9 Å². The van der Waals surface area contributed by atoms with Crippen molar-refractivity contribution in [3.05, 3.63) is 70.5 Å². The van der Waals surface area contributed by atoms with Crippen LogP contribution < -0.4 is 0 Å². The van der Waals surface area contributed by atoms with Gasteiger partial charge in [0.1, 0.15) is 18.4 Å². The van der Waals surface area contributed by atoms with Gasteiger partial charge in [-0.05, 0) is 54.2 Å². The van der Waals surface area contributed by atoms with E-state index in [1.807, 2.05) is 12.1 Å². The number of rotatable bonds is 4. The molecule has 4 nitrogen and oxygen atoms in total. The molecule has 30 heavy (non-hydrogen) atoms. The number of carbonyl (C=O) groups excluding carboxylic acids is 2. The summed E-state index contributed by atoms with van der Waals surface area (Å²) >= 11 is 6.05. The molecule has 3 atom stereocenters. The predicted octanol–water partition coefficient (Wildman–Crippen LogP) is 4.97. The molecule has 2 amide bonds. The van der Waals surface area contributed by atoms with Crippen molar-refractivity contribution >= 4 is 23.4 Å². The Morgan fingerprint density at radius 3 is 2.33 bits per heavy atom. The lowest BCUT2D eigenvalue weighted by atomic mass is 9.83. The number of carbonyl (C=O) groups is 2. The third-order valence-electron chi connectivity index (χ3n) is 6.37. The van der Waals surface area contributed by atoms with E-state index in [9.17, 15) is 14.0 Å². The summed E-state index contributed by atoms with van der Waals surface area (Å²) in [4.78, 5) is 30.4. The molecular formula is C24H26ClFN2O2. The molecule has 0 spiro atoms. The van der Waals surface area contributed by atoms with Crippen molar-refractivity contribution < 1.29 is 14.0 Å². The lowest BCUT2D eigenvalue weighted by molar-refractivity contribution is -0.161. The molecule has 0 unspecified atom stereocenters. The van der Waals surface area contributed by atoms with Crippen LogP contribution in [0.15, 0.2) is 48.5 Å². The van der Waals surface area contributed by atoms with Crippen LogP contribution in [0.2, 0.25) is 5.02 Å². The van der Waals surface area contributed by atoms with Crippen LogP contribution in [0.3, 0.4) is 0 Å². The summed E-state index contributed by atoms with van der Waals surface area (Å²) in [5, 5.41) is 0.580. The van der Waals surface area contributed by atoms with Crippen molar-refractivity contribution in [1.29, 1.82) is 0 Å². The number of piperazine rings is 1. The second kappa shape index (κ2) is 8.76. The second-order valence-corrected chi connectivity index (χ2v) is 8.83. The minimum atomic E-state index is -0.706. The smallest absolute Gasteiger partial charge is 0.250 e. The summed E-state index contributed by atoms with van der Waals surface area (Å²) in [5.74, 6) is -0.0778. The molecule has 1 aliphatic heterocycles. The van der Waals surface area contributed by atoms with Crippen LogP contribution in [-0.2, 0) is 16.1 Å². The lowest BCUT2D eigenvalue weighted by Crippen LogP contribution is -2.59. The molecule has 2 fully saturated rings. The summed E-state index contributed by atoms with van der Waals surface area (Å²) in [6.07, 6.45) is 4.27. The van der Waals surface area contributed by atoms with E-state index < -0.39 is 6.04 Å². The fraction of sp³-hybridized carbons (Fsp3) is 0.417. The molecule has 0 aromatic heterocycles. The van der Waals surface area contributed by atoms with Crippen molar-refractivity contribution in [2.45, 2.75) is 51.2 Å². The van der Waals surface area contributed by atoms with Crippen LogP contribution in [0.4, 0.5) is 4.39 Å². The van der Waals surface area contributed by atoms with Gasteiger partial charge in [-0.3, -0.25) is 9.59 Å². The van der Waals surface area contributed by atoms with Crippen molar-refractivity contribution in [2.75, 3.05) is 6.54 Å². The number of nitrogens with zero attached hydrogens (tertiary/aromatic N) is 2. The van der Waals surface area contributed by atoms with Gasteiger partial charge >= 0.3 is 0 Å². The van der Waals surface area contributed by atoms with Crippen LogP contribution >= 0.6 is 11.6 Å². The standard InChI is InChI=1S/C24H26ClFN2O2/c1-16-4-2-3-5-21(16)27-15-22(29)28(14-17-6-12-20(26)13-7-17)23(24(27)30)18-8-10-19(25)11-9-18/h6-13,16,21,23H,2-5,14-15H2,1H3/t16-,21-,23+/m1/s1. The molecule has 1 aliphatic carbocycles. The molecule has 2 aromatic carbocycles. The van der Waals surface area contributed by atoms with Crippen LogP contribution in [0.25, 0.3) is 0 Å². The Balaban J connectivity index is 1.68. The van der Waals surface area contributed by atoms with E-state index >= 15 is 0 Å². The van der Waals surface area contributed by atoms with Crippen LogP contribution in [0.5, 0.6) is 0 Å². The minimum Gasteiger partial charge on any atom is -0.328 e. The zero-order valence-electron chi connectivity index (χ0n) is 17.1. The highest BCUT2D eigenvalue weighted by molar-refractivity contribution is 6.30.